The van der Waals surface area contributed by atoms with Gasteiger partial charge >= 0.3 is 0 Å². The van der Waals surface area contributed by atoms with Crippen molar-refractivity contribution in [1.29, 1.82) is 0 Å². The maximum atomic E-state index is 12.9. The van der Waals surface area contributed by atoms with Crippen LogP contribution in [0.15, 0.2) is 48.1 Å². The number of benzene rings is 1. The fourth-order valence-corrected chi connectivity index (χ4v) is 3.82. The van der Waals surface area contributed by atoms with Crippen molar-refractivity contribution in [2.75, 3.05) is 6.54 Å². The summed E-state index contributed by atoms with van der Waals surface area (Å²) in [6, 6.07) is 7.59. The van der Waals surface area contributed by atoms with E-state index >= 15 is 0 Å². The zero-order chi connectivity index (χ0) is 15.9. The second-order valence-electron chi connectivity index (χ2n) is 6.92. The molecule has 1 N–H and O–H groups in total. The molecule has 1 aromatic rings. The molecule has 0 radical (unpaired) electrons. The number of nitrogens with one attached hydrogen (secondary N) is 1. The van der Waals surface area contributed by atoms with Crippen LogP contribution in [-0.4, -0.2) is 12.6 Å². The molecule has 0 aliphatic heterocycles. The number of hydrogen-bond donors (Lipinski definition) is 1. The van der Waals surface area contributed by atoms with Crippen molar-refractivity contribution in [3.05, 3.63) is 59.4 Å². The fourth-order valence-electron chi connectivity index (χ4n) is 3.82. The van der Waals surface area contributed by atoms with Crippen LogP contribution in [0.3, 0.4) is 0 Å². The second-order valence-corrected chi connectivity index (χ2v) is 6.92. The van der Waals surface area contributed by atoms with E-state index in [0.29, 0.717) is 6.04 Å². The van der Waals surface area contributed by atoms with Gasteiger partial charge in [0.15, 0.2) is 0 Å². The lowest BCUT2D eigenvalue weighted by Gasteiger charge is -2.30. The maximum absolute atomic E-state index is 12.9. The Morgan fingerprint density at radius 3 is 2.48 bits per heavy atom. The van der Waals surface area contributed by atoms with Gasteiger partial charge in [-0.25, -0.2) is 4.39 Å². The molecule has 0 amide bonds. The molecule has 1 aromatic carbocycles. The molecule has 2 heteroatoms. The summed E-state index contributed by atoms with van der Waals surface area (Å²) < 4.78 is 12.9. The summed E-state index contributed by atoms with van der Waals surface area (Å²) in [6.07, 6.45) is 17.0. The van der Waals surface area contributed by atoms with Crippen LogP contribution in [0.5, 0.6) is 0 Å². The molecule has 0 bridgehead atoms. The normalized spacial score (nSPS) is 24.5. The van der Waals surface area contributed by atoms with Crippen LogP contribution in [0.2, 0.25) is 0 Å². The maximum Gasteiger partial charge on any atom is 0.123 e. The van der Waals surface area contributed by atoms with Gasteiger partial charge in [0.25, 0.3) is 0 Å². The summed E-state index contributed by atoms with van der Waals surface area (Å²) >= 11 is 0. The summed E-state index contributed by atoms with van der Waals surface area (Å²) in [5.41, 5.74) is 2.82. The second kappa shape index (κ2) is 8.44. The highest BCUT2D eigenvalue weighted by Gasteiger charge is 2.22. The van der Waals surface area contributed by atoms with Gasteiger partial charge in [-0.05, 0) is 87.1 Å². The quantitative estimate of drug-likeness (QED) is 0.713. The van der Waals surface area contributed by atoms with Crippen LogP contribution < -0.4 is 5.32 Å². The van der Waals surface area contributed by atoms with Gasteiger partial charge in [0.1, 0.15) is 5.82 Å². The topological polar surface area (TPSA) is 12.0 Å². The standard InChI is InChI=1S/C21H28FN/c22-20-12-8-17(9-13-20)5-4-16-23-21-14-10-19(11-15-21)18-6-2-1-3-7-18/h2,6-9,12-13,19,21,23H,1,3-5,10-11,14-16H2. The highest BCUT2D eigenvalue weighted by molar-refractivity contribution is 5.25. The zero-order valence-corrected chi connectivity index (χ0v) is 13.9. The van der Waals surface area contributed by atoms with E-state index in [1.165, 1.54) is 44.1 Å². The van der Waals surface area contributed by atoms with Crippen molar-refractivity contribution in [3.63, 3.8) is 0 Å². The lowest BCUT2D eigenvalue weighted by Crippen LogP contribution is -2.34. The van der Waals surface area contributed by atoms with E-state index in [4.69, 9.17) is 0 Å². The Balaban J connectivity index is 1.32. The van der Waals surface area contributed by atoms with E-state index in [1.807, 2.05) is 12.1 Å². The van der Waals surface area contributed by atoms with Crippen LogP contribution in [0.25, 0.3) is 0 Å². The smallest absolute Gasteiger partial charge is 0.123 e. The van der Waals surface area contributed by atoms with E-state index in [-0.39, 0.29) is 5.82 Å². The molecule has 1 fully saturated rings. The van der Waals surface area contributed by atoms with Crippen LogP contribution >= 0.6 is 0 Å². The average Bonchev–Trinajstić information content (AvgIpc) is 2.62. The minimum absolute atomic E-state index is 0.147. The van der Waals surface area contributed by atoms with Crippen molar-refractivity contribution in [2.45, 2.75) is 57.4 Å². The third-order valence-corrected chi connectivity index (χ3v) is 5.21. The summed E-state index contributed by atoms with van der Waals surface area (Å²) in [5.74, 6) is 0.648. The Bertz CT molecular complexity index is 535. The molecule has 0 spiro atoms. The number of halogens is 1. The van der Waals surface area contributed by atoms with Crippen LogP contribution in [0, 0.1) is 11.7 Å². The molecule has 2 aliphatic rings. The summed E-state index contributed by atoms with van der Waals surface area (Å²) in [4.78, 5) is 0. The fraction of sp³-hybridized carbons (Fsp3) is 0.524. The monoisotopic (exact) mass is 313 g/mol. The minimum atomic E-state index is -0.147. The third-order valence-electron chi connectivity index (χ3n) is 5.21. The SMILES string of the molecule is Fc1ccc(CCCNC2CCC(C3=CCCC=C3)CC2)cc1. The van der Waals surface area contributed by atoms with Crippen molar-refractivity contribution in [3.8, 4) is 0 Å². The summed E-state index contributed by atoms with van der Waals surface area (Å²) in [7, 11) is 0. The number of allylic oxidation sites excluding steroid dienone is 4. The Hall–Kier alpha value is -1.41. The number of hydrogen-bond acceptors (Lipinski definition) is 1. The van der Waals surface area contributed by atoms with Gasteiger partial charge in [-0.2, -0.15) is 0 Å². The zero-order valence-electron chi connectivity index (χ0n) is 13.9. The first-order valence-electron chi connectivity index (χ1n) is 9.15. The highest BCUT2D eigenvalue weighted by Crippen LogP contribution is 2.32. The van der Waals surface area contributed by atoms with Crippen molar-refractivity contribution >= 4 is 0 Å². The third kappa shape index (κ3) is 5.04. The lowest BCUT2D eigenvalue weighted by molar-refractivity contribution is 0.320. The predicted octanol–water partition coefficient (Wildman–Crippen LogP) is 5.18. The Kier molecular flexibility index (Phi) is 6.04. The molecule has 3 rings (SSSR count). The first-order valence-corrected chi connectivity index (χ1v) is 9.15. The Morgan fingerprint density at radius 1 is 1.00 bits per heavy atom. The van der Waals surface area contributed by atoms with Gasteiger partial charge in [-0.15, -0.1) is 0 Å². The van der Waals surface area contributed by atoms with Crippen LogP contribution in [-0.2, 0) is 6.42 Å². The highest BCUT2D eigenvalue weighted by atomic mass is 19.1. The van der Waals surface area contributed by atoms with E-state index in [9.17, 15) is 4.39 Å². The summed E-state index contributed by atoms with van der Waals surface area (Å²) in [6.45, 7) is 1.06. The molecular weight excluding hydrogens is 285 g/mol. The van der Waals surface area contributed by atoms with Crippen molar-refractivity contribution < 1.29 is 4.39 Å². The molecule has 0 unspecified atom stereocenters. The van der Waals surface area contributed by atoms with Gasteiger partial charge in [-0.3, -0.25) is 0 Å². The molecule has 23 heavy (non-hydrogen) atoms. The van der Waals surface area contributed by atoms with E-state index in [1.54, 1.807) is 17.7 Å². The Labute approximate surface area is 139 Å². The number of rotatable bonds is 6. The van der Waals surface area contributed by atoms with Crippen LogP contribution in [0.4, 0.5) is 4.39 Å². The first kappa shape index (κ1) is 16.4. The lowest BCUT2D eigenvalue weighted by atomic mass is 9.80. The van der Waals surface area contributed by atoms with Gasteiger partial charge in [0.2, 0.25) is 0 Å². The molecule has 1 saturated carbocycles. The van der Waals surface area contributed by atoms with Crippen LogP contribution in [0.1, 0.15) is 50.5 Å². The van der Waals surface area contributed by atoms with Gasteiger partial charge in [0, 0.05) is 6.04 Å². The minimum Gasteiger partial charge on any atom is -0.314 e. The van der Waals surface area contributed by atoms with Gasteiger partial charge in [0.05, 0.1) is 0 Å². The molecule has 0 saturated heterocycles. The van der Waals surface area contributed by atoms with Crippen molar-refractivity contribution in [1.82, 2.24) is 5.32 Å². The van der Waals surface area contributed by atoms with Crippen molar-refractivity contribution in [2.24, 2.45) is 5.92 Å². The molecule has 1 nitrogen and oxygen atoms in total. The Morgan fingerprint density at radius 2 is 1.78 bits per heavy atom. The molecule has 124 valence electrons. The van der Waals surface area contributed by atoms with E-state index < -0.39 is 0 Å². The van der Waals surface area contributed by atoms with Gasteiger partial charge in [-0.1, -0.05) is 30.4 Å². The number of aryl methyl sites for hydroxylation is 1. The van der Waals surface area contributed by atoms with E-state index in [0.717, 1.165) is 25.3 Å². The molecule has 2 aliphatic carbocycles. The molecule has 0 heterocycles. The largest absolute Gasteiger partial charge is 0.314 e. The molecular formula is C21H28FN. The molecule has 0 aromatic heterocycles. The van der Waals surface area contributed by atoms with Gasteiger partial charge < -0.3 is 5.32 Å². The van der Waals surface area contributed by atoms with E-state index in [2.05, 4.69) is 23.5 Å². The predicted molar refractivity (Wildman–Crippen MR) is 94.9 cm³/mol. The molecule has 0 atom stereocenters. The first-order chi connectivity index (χ1) is 11.3. The summed E-state index contributed by atoms with van der Waals surface area (Å²) in [5, 5.41) is 3.72. The average molecular weight is 313 g/mol.